The number of rotatable bonds is 1. The molecule has 17 heavy (non-hydrogen) atoms. The first-order chi connectivity index (χ1) is 8.15. The minimum absolute atomic E-state index is 0.0434. The predicted octanol–water partition coefficient (Wildman–Crippen LogP) is 2.67. The van der Waals surface area contributed by atoms with Gasteiger partial charge in [0.2, 0.25) is 0 Å². The van der Waals surface area contributed by atoms with Crippen molar-refractivity contribution in [2.75, 3.05) is 6.54 Å². The average Bonchev–Trinajstić information content (AvgIpc) is 2.93. The molecule has 1 aliphatic heterocycles. The first kappa shape index (κ1) is 10.9. The van der Waals surface area contributed by atoms with E-state index in [4.69, 9.17) is 11.6 Å². The quantitative estimate of drug-likeness (QED) is 0.834. The Morgan fingerprint density at radius 2 is 2.24 bits per heavy atom. The van der Waals surface area contributed by atoms with Gasteiger partial charge in [0.05, 0.1) is 10.6 Å². The van der Waals surface area contributed by atoms with Gasteiger partial charge in [-0.25, -0.2) is 0 Å². The molecule has 1 N–H and O–H groups in total. The number of carbonyl (C=O) groups is 1. The summed E-state index contributed by atoms with van der Waals surface area (Å²) < 4.78 is 0. The number of hydrogen-bond donors (Lipinski definition) is 1. The Morgan fingerprint density at radius 1 is 1.41 bits per heavy atom. The molecule has 1 aliphatic carbocycles. The van der Waals surface area contributed by atoms with Crippen molar-refractivity contribution in [2.24, 2.45) is 5.92 Å². The van der Waals surface area contributed by atoms with Gasteiger partial charge in [0.15, 0.2) is 0 Å². The lowest BCUT2D eigenvalue weighted by Crippen LogP contribution is -2.37. The SMILES string of the molecule is O=C(c1cc(O)ccc1Cl)N1CC2CCC1C2. The molecule has 1 aromatic rings. The van der Waals surface area contributed by atoms with Crippen molar-refractivity contribution in [1.29, 1.82) is 0 Å². The molecule has 2 aliphatic rings. The number of likely N-dealkylation sites (tertiary alicyclic amines) is 1. The number of piperidine rings is 1. The molecule has 4 heteroatoms. The largest absolute Gasteiger partial charge is 0.508 e. The van der Waals surface area contributed by atoms with Crippen LogP contribution in [0.1, 0.15) is 29.6 Å². The van der Waals surface area contributed by atoms with Gasteiger partial charge in [-0.15, -0.1) is 0 Å². The van der Waals surface area contributed by atoms with E-state index >= 15 is 0 Å². The molecule has 1 heterocycles. The molecule has 0 spiro atoms. The van der Waals surface area contributed by atoms with Crippen LogP contribution in [0.15, 0.2) is 18.2 Å². The van der Waals surface area contributed by atoms with Gasteiger partial charge in [-0.3, -0.25) is 4.79 Å². The molecule has 3 nitrogen and oxygen atoms in total. The Bertz CT molecular complexity index is 474. The van der Waals surface area contributed by atoms with Crippen molar-refractivity contribution >= 4 is 17.5 Å². The Morgan fingerprint density at radius 3 is 2.88 bits per heavy atom. The van der Waals surface area contributed by atoms with Crippen LogP contribution in [0.25, 0.3) is 0 Å². The maximum absolute atomic E-state index is 12.3. The van der Waals surface area contributed by atoms with Gasteiger partial charge in [0.1, 0.15) is 5.75 Å². The van der Waals surface area contributed by atoms with Gasteiger partial charge in [-0.1, -0.05) is 11.6 Å². The Hall–Kier alpha value is -1.22. The highest BCUT2D eigenvalue weighted by Crippen LogP contribution is 2.38. The summed E-state index contributed by atoms with van der Waals surface area (Å²) in [4.78, 5) is 14.3. The van der Waals surface area contributed by atoms with E-state index < -0.39 is 0 Å². The van der Waals surface area contributed by atoms with E-state index in [2.05, 4.69) is 0 Å². The summed E-state index contributed by atoms with van der Waals surface area (Å²) in [5.74, 6) is 0.709. The van der Waals surface area contributed by atoms with Crippen LogP contribution in [0.4, 0.5) is 0 Å². The zero-order valence-corrected chi connectivity index (χ0v) is 10.2. The molecule has 3 rings (SSSR count). The number of phenols is 1. The van der Waals surface area contributed by atoms with Gasteiger partial charge < -0.3 is 10.0 Å². The van der Waals surface area contributed by atoms with Crippen LogP contribution in [-0.2, 0) is 0 Å². The van der Waals surface area contributed by atoms with Gasteiger partial charge in [0.25, 0.3) is 5.91 Å². The number of phenolic OH excluding ortho intramolecular Hbond substituents is 1. The van der Waals surface area contributed by atoms with Crippen LogP contribution in [0, 0.1) is 5.92 Å². The van der Waals surface area contributed by atoms with E-state index in [0.717, 1.165) is 19.4 Å². The van der Waals surface area contributed by atoms with Crippen LogP contribution >= 0.6 is 11.6 Å². The third-order valence-corrected chi connectivity index (χ3v) is 4.18. The number of halogens is 1. The predicted molar refractivity (Wildman–Crippen MR) is 65.3 cm³/mol. The van der Waals surface area contributed by atoms with E-state index in [-0.39, 0.29) is 11.7 Å². The molecular formula is C13H14ClNO2. The smallest absolute Gasteiger partial charge is 0.255 e. The lowest BCUT2D eigenvalue weighted by molar-refractivity contribution is 0.0703. The number of nitrogens with zero attached hydrogens (tertiary/aromatic N) is 1. The lowest BCUT2D eigenvalue weighted by atomic mass is 10.1. The molecule has 2 fully saturated rings. The van der Waals surface area contributed by atoms with Crippen molar-refractivity contribution in [2.45, 2.75) is 25.3 Å². The number of fused-ring (bicyclic) bond motifs is 2. The summed E-state index contributed by atoms with van der Waals surface area (Å²) in [5, 5.41) is 9.84. The average molecular weight is 252 g/mol. The highest BCUT2D eigenvalue weighted by molar-refractivity contribution is 6.33. The molecule has 90 valence electrons. The summed E-state index contributed by atoms with van der Waals surface area (Å²) >= 11 is 6.01. The first-order valence-corrected chi connectivity index (χ1v) is 6.32. The maximum Gasteiger partial charge on any atom is 0.255 e. The molecule has 1 aromatic carbocycles. The number of hydrogen-bond acceptors (Lipinski definition) is 2. The van der Waals surface area contributed by atoms with Crippen molar-refractivity contribution in [3.63, 3.8) is 0 Å². The van der Waals surface area contributed by atoms with Crippen LogP contribution < -0.4 is 0 Å². The van der Waals surface area contributed by atoms with E-state index in [1.807, 2.05) is 4.90 Å². The molecule has 2 bridgehead atoms. The highest BCUT2D eigenvalue weighted by Gasteiger charge is 2.40. The minimum atomic E-state index is -0.0434. The number of carbonyl (C=O) groups excluding carboxylic acids is 1. The Labute approximate surface area is 105 Å². The van der Waals surface area contributed by atoms with Crippen molar-refractivity contribution < 1.29 is 9.90 Å². The van der Waals surface area contributed by atoms with E-state index in [0.29, 0.717) is 22.5 Å². The standard InChI is InChI=1S/C13H14ClNO2/c14-12-4-3-10(16)6-11(12)13(17)15-7-8-1-2-9(15)5-8/h3-4,6,8-9,16H,1-2,5,7H2. The van der Waals surface area contributed by atoms with Gasteiger partial charge in [0, 0.05) is 12.6 Å². The molecule has 1 amide bonds. The van der Waals surface area contributed by atoms with Gasteiger partial charge in [-0.05, 0) is 43.4 Å². The third-order valence-electron chi connectivity index (χ3n) is 3.85. The minimum Gasteiger partial charge on any atom is -0.508 e. The molecule has 0 radical (unpaired) electrons. The summed E-state index contributed by atoms with van der Waals surface area (Å²) in [6.07, 6.45) is 3.47. The van der Waals surface area contributed by atoms with Crippen LogP contribution in [0.2, 0.25) is 5.02 Å². The molecule has 2 atom stereocenters. The third kappa shape index (κ3) is 1.78. The number of amides is 1. The second kappa shape index (κ2) is 3.91. The molecule has 1 saturated heterocycles. The van der Waals surface area contributed by atoms with Gasteiger partial charge >= 0.3 is 0 Å². The Kier molecular flexibility index (Phi) is 2.51. The summed E-state index contributed by atoms with van der Waals surface area (Å²) in [7, 11) is 0. The first-order valence-electron chi connectivity index (χ1n) is 5.94. The van der Waals surface area contributed by atoms with E-state index in [1.165, 1.54) is 18.6 Å². The fourth-order valence-electron chi connectivity index (χ4n) is 3.01. The maximum atomic E-state index is 12.3. The summed E-state index contributed by atoms with van der Waals surface area (Å²) in [5.41, 5.74) is 0.416. The monoisotopic (exact) mass is 251 g/mol. The van der Waals surface area contributed by atoms with Crippen LogP contribution in [0.3, 0.4) is 0 Å². The van der Waals surface area contributed by atoms with Crippen molar-refractivity contribution in [3.8, 4) is 5.75 Å². The van der Waals surface area contributed by atoms with Crippen LogP contribution in [-0.4, -0.2) is 28.5 Å². The van der Waals surface area contributed by atoms with Crippen LogP contribution in [0.5, 0.6) is 5.75 Å². The molecule has 0 aromatic heterocycles. The fraction of sp³-hybridized carbons (Fsp3) is 0.462. The Balaban J connectivity index is 1.89. The topological polar surface area (TPSA) is 40.5 Å². The van der Waals surface area contributed by atoms with Crippen molar-refractivity contribution in [1.82, 2.24) is 4.90 Å². The fourth-order valence-corrected chi connectivity index (χ4v) is 3.20. The molecule has 1 saturated carbocycles. The van der Waals surface area contributed by atoms with Crippen molar-refractivity contribution in [3.05, 3.63) is 28.8 Å². The molecule has 2 unspecified atom stereocenters. The zero-order valence-electron chi connectivity index (χ0n) is 9.40. The number of aromatic hydroxyl groups is 1. The number of benzene rings is 1. The van der Waals surface area contributed by atoms with Gasteiger partial charge in [-0.2, -0.15) is 0 Å². The summed E-state index contributed by atoms with van der Waals surface area (Å²) in [6, 6.07) is 4.90. The van der Waals surface area contributed by atoms with E-state index in [9.17, 15) is 9.90 Å². The second-order valence-electron chi connectivity index (χ2n) is 4.95. The summed E-state index contributed by atoms with van der Waals surface area (Å²) in [6.45, 7) is 0.843. The highest BCUT2D eigenvalue weighted by atomic mass is 35.5. The zero-order chi connectivity index (χ0) is 12.0. The lowest BCUT2D eigenvalue weighted by Gasteiger charge is -2.27. The molecular weight excluding hydrogens is 238 g/mol. The van der Waals surface area contributed by atoms with E-state index in [1.54, 1.807) is 6.07 Å². The second-order valence-corrected chi connectivity index (χ2v) is 5.36. The normalized spacial score (nSPS) is 26.5.